The Morgan fingerprint density at radius 1 is 1.21 bits per heavy atom. The summed E-state index contributed by atoms with van der Waals surface area (Å²) in [5.74, 6) is 2.58. The molecule has 0 spiro atoms. The summed E-state index contributed by atoms with van der Waals surface area (Å²) >= 11 is 0. The van der Waals surface area contributed by atoms with E-state index in [1.54, 1.807) is 0 Å². The third-order valence-electron chi connectivity index (χ3n) is 4.32. The van der Waals surface area contributed by atoms with E-state index in [0.717, 1.165) is 43.7 Å². The van der Waals surface area contributed by atoms with Crippen LogP contribution in [-0.4, -0.2) is 57.2 Å². The van der Waals surface area contributed by atoms with Gasteiger partial charge in [-0.1, -0.05) is 18.2 Å². The van der Waals surface area contributed by atoms with Crippen molar-refractivity contribution >= 4 is 5.96 Å². The molecule has 0 aromatic heterocycles. The molecule has 0 unspecified atom stereocenters. The van der Waals surface area contributed by atoms with Gasteiger partial charge in [-0.3, -0.25) is 4.99 Å². The number of rotatable bonds is 8. The fourth-order valence-electron chi connectivity index (χ4n) is 2.79. The van der Waals surface area contributed by atoms with E-state index in [-0.39, 0.29) is 0 Å². The van der Waals surface area contributed by atoms with Crippen LogP contribution >= 0.6 is 0 Å². The molecule has 5 nitrogen and oxygen atoms in total. The summed E-state index contributed by atoms with van der Waals surface area (Å²) in [5.41, 5.74) is 0. The molecule has 2 rings (SSSR count). The molecule has 134 valence electrons. The smallest absolute Gasteiger partial charge is 0.191 e. The topological polar surface area (TPSA) is 48.9 Å². The van der Waals surface area contributed by atoms with E-state index < -0.39 is 0 Å². The van der Waals surface area contributed by atoms with Crippen LogP contribution < -0.4 is 15.4 Å². The van der Waals surface area contributed by atoms with E-state index in [9.17, 15) is 0 Å². The van der Waals surface area contributed by atoms with Gasteiger partial charge in [0.2, 0.25) is 0 Å². The van der Waals surface area contributed by atoms with Gasteiger partial charge in [0, 0.05) is 19.6 Å². The predicted molar refractivity (Wildman–Crippen MR) is 101 cm³/mol. The highest BCUT2D eigenvalue weighted by Gasteiger charge is 2.16. The van der Waals surface area contributed by atoms with Crippen molar-refractivity contribution in [3.8, 4) is 5.75 Å². The van der Waals surface area contributed by atoms with E-state index in [1.807, 2.05) is 30.3 Å². The van der Waals surface area contributed by atoms with E-state index >= 15 is 0 Å². The van der Waals surface area contributed by atoms with Crippen LogP contribution in [0, 0.1) is 5.92 Å². The molecule has 1 aromatic rings. The van der Waals surface area contributed by atoms with Gasteiger partial charge in [-0.2, -0.15) is 0 Å². The summed E-state index contributed by atoms with van der Waals surface area (Å²) in [4.78, 5) is 7.15. The molecular weight excluding hydrogens is 300 g/mol. The second-order valence-corrected chi connectivity index (χ2v) is 6.41. The molecule has 5 heteroatoms. The van der Waals surface area contributed by atoms with Crippen LogP contribution in [0.5, 0.6) is 5.75 Å². The van der Waals surface area contributed by atoms with Gasteiger partial charge in [0.15, 0.2) is 5.96 Å². The molecule has 1 fully saturated rings. The van der Waals surface area contributed by atoms with Crippen molar-refractivity contribution in [1.29, 1.82) is 0 Å². The Labute approximate surface area is 146 Å². The minimum absolute atomic E-state index is 0.714. The minimum atomic E-state index is 0.714. The van der Waals surface area contributed by atoms with E-state index in [1.165, 1.54) is 25.9 Å². The third-order valence-corrected chi connectivity index (χ3v) is 4.32. The number of nitrogens with one attached hydrogen (secondary N) is 2. The van der Waals surface area contributed by atoms with Gasteiger partial charge in [-0.25, -0.2) is 0 Å². The normalized spacial score (nSPS) is 16.8. The van der Waals surface area contributed by atoms with Crippen molar-refractivity contribution in [1.82, 2.24) is 15.5 Å². The Kier molecular flexibility index (Phi) is 8.46. The minimum Gasteiger partial charge on any atom is -0.494 e. The molecule has 0 bridgehead atoms. The second kappa shape index (κ2) is 10.9. The van der Waals surface area contributed by atoms with Crippen molar-refractivity contribution in [2.75, 3.05) is 46.4 Å². The molecule has 1 aromatic carbocycles. The summed E-state index contributed by atoms with van der Waals surface area (Å²) in [6.07, 6.45) is 3.46. The maximum Gasteiger partial charge on any atom is 0.191 e. The molecule has 24 heavy (non-hydrogen) atoms. The quantitative estimate of drug-likeness (QED) is 0.436. The first-order valence-electron chi connectivity index (χ1n) is 9.16. The Morgan fingerprint density at radius 3 is 2.67 bits per heavy atom. The maximum absolute atomic E-state index is 5.71. The first kappa shape index (κ1) is 18.6. The molecule has 1 saturated heterocycles. The molecule has 0 aliphatic carbocycles. The second-order valence-electron chi connectivity index (χ2n) is 6.41. The van der Waals surface area contributed by atoms with Crippen LogP contribution in [0.4, 0.5) is 0 Å². The molecule has 2 N–H and O–H groups in total. The zero-order valence-electron chi connectivity index (χ0n) is 15.1. The Bertz CT molecular complexity index is 470. The number of ether oxygens (including phenoxy) is 1. The number of likely N-dealkylation sites (tertiary alicyclic amines) is 1. The van der Waals surface area contributed by atoms with Gasteiger partial charge < -0.3 is 20.3 Å². The highest BCUT2D eigenvalue weighted by molar-refractivity contribution is 5.79. The van der Waals surface area contributed by atoms with Crippen molar-refractivity contribution in [3.05, 3.63) is 30.3 Å². The fraction of sp³-hybridized carbons (Fsp3) is 0.632. The molecule has 1 aliphatic heterocycles. The molecule has 1 aliphatic rings. The first-order valence-corrected chi connectivity index (χ1v) is 9.16. The Balaban J connectivity index is 1.64. The Hall–Kier alpha value is -1.75. The molecule has 0 amide bonds. The van der Waals surface area contributed by atoms with Crippen molar-refractivity contribution in [2.24, 2.45) is 10.9 Å². The number of nitrogens with zero attached hydrogens (tertiary/aromatic N) is 2. The third kappa shape index (κ3) is 7.21. The monoisotopic (exact) mass is 332 g/mol. The SMILES string of the molecule is CCNC(=NCC1CCN(C)CC1)NCCCOc1ccccc1. The van der Waals surface area contributed by atoms with Crippen molar-refractivity contribution < 1.29 is 4.74 Å². The zero-order chi connectivity index (χ0) is 17.0. The van der Waals surface area contributed by atoms with E-state index in [2.05, 4.69) is 29.5 Å². The van der Waals surface area contributed by atoms with Gasteiger partial charge >= 0.3 is 0 Å². The van der Waals surface area contributed by atoms with Crippen LogP contribution in [0.3, 0.4) is 0 Å². The maximum atomic E-state index is 5.71. The summed E-state index contributed by atoms with van der Waals surface area (Å²) in [6.45, 7) is 7.88. The molecular formula is C19H32N4O. The lowest BCUT2D eigenvalue weighted by Gasteiger charge is -2.28. The summed E-state index contributed by atoms with van der Waals surface area (Å²) < 4.78 is 5.71. The van der Waals surface area contributed by atoms with E-state index in [4.69, 9.17) is 9.73 Å². The van der Waals surface area contributed by atoms with Gasteiger partial charge in [-0.05, 0) is 64.4 Å². The number of aliphatic imine (C=N–C) groups is 1. The number of piperidine rings is 1. The summed E-state index contributed by atoms with van der Waals surface area (Å²) in [7, 11) is 2.20. The lowest BCUT2D eigenvalue weighted by atomic mass is 9.97. The predicted octanol–water partition coefficient (Wildman–Crippen LogP) is 2.35. The van der Waals surface area contributed by atoms with Gasteiger partial charge in [0.1, 0.15) is 5.75 Å². The van der Waals surface area contributed by atoms with Gasteiger partial charge in [0.25, 0.3) is 0 Å². The van der Waals surface area contributed by atoms with Crippen molar-refractivity contribution in [3.63, 3.8) is 0 Å². The number of benzene rings is 1. The zero-order valence-corrected chi connectivity index (χ0v) is 15.1. The van der Waals surface area contributed by atoms with Gasteiger partial charge in [0.05, 0.1) is 6.61 Å². The lowest BCUT2D eigenvalue weighted by molar-refractivity contribution is 0.223. The largest absolute Gasteiger partial charge is 0.494 e. The molecule has 0 atom stereocenters. The van der Waals surface area contributed by atoms with Crippen molar-refractivity contribution in [2.45, 2.75) is 26.2 Å². The molecule has 0 saturated carbocycles. The average Bonchev–Trinajstić information content (AvgIpc) is 2.61. The van der Waals surface area contributed by atoms with Crippen LogP contribution in [0.2, 0.25) is 0 Å². The number of hydrogen-bond donors (Lipinski definition) is 2. The highest BCUT2D eigenvalue weighted by atomic mass is 16.5. The number of hydrogen-bond acceptors (Lipinski definition) is 3. The standard InChI is InChI=1S/C19H32N4O/c1-3-20-19(22-16-17-10-13-23(2)14-11-17)21-12-7-15-24-18-8-5-4-6-9-18/h4-6,8-9,17H,3,7,10-16H2,1-2H3,(H2,20,21,22). The molecule has 0 radical (unpaired) electrons. The van der Waals surface area contributed by atoms with Crippen LogP contribution in [0.25, 0.3) is 0 Å². The van der Waals surface area contributed by atoms with Crippen LogP contribution in [0.1, 0.15) is 26.2 Å². The summed E-state index contributed by atoms with van der Waals surface area (Å²) in [5, 5.41) is 6.73. The lowest BCUT2D eigenvalue weighted by Crippen LogP contribution is -2.39. The molecule has 1 heterocycles. The number of para-hydroxylation sites is 1. The van der Waals surface area contributed by atoms with Crippen LogP contribution in [-0.2, 0) is 0 Å². The summed E-state index contributed by atoms with van der Waals surface area (Å²) in [6, 6.07) is 9.96. The van der Waals surface area contributed by atoms with Crippen LogP contribution in [0.15, 0.2) is 35.3 Å². The highest BCUT2D eigenvalue weighted by Crippen LogP contribution is 2.15. The average molecular weight is 332 g/mol. The Morgan fingerprint density at radius 2 is 1.96 bits per heavy atom. The first-order chi connectivity index (χ1) is 11.8. The number of guanidine groups is 1. The van der Waals surface area contributed by atoms with Gasteiger partial charge in [-0.15, -0.1) is 0 Å². The van der Waals surface area contributed by atoms with E-state index in [0.29, 0.717) is 6.61 Å². The fourth-order valence-corrected chi connectivity index (χ4v) is 2.79.